The first-order chi connectivity index (χ1) is 15.4. The first-order valence-electron chi connectivity index (χ1n) is 10.3. The van der Waals surface area contributed by atoms with E-state index in [9.17, 15) is 9.59 Å². The van der Waals surface area contributed by atoms with Crippen LogP contribution in [0, 0.1) is 6.92 Å². The summed E-state index contributed by atoms with van der Waals surface area (Å²) < 4.78 is 9.24. The van der Waals surface area contributed by atoms with Crippen molar-refractivity contribution in [3.63, 3.8) is 0 Å². The smallest absolute Gasteiger partial charge is 0.296 e. The fourth-order valence-corrected chi connectivity index (χ4v) is 4.77. The Bertz CT molecular complexity index is 1260. The molecule has 2 aromatic carbocycles. The number of rotatable bonds is 6. The number of amides is 1. The number of carbonyl (C=O) groups excluding carboxylic acids is 1. The molecule has 4 rings (SSSR count). The fraction of sp³-hybridized carbons (Fsp3) is 0.208. The molecule has 0 N–H and O–H groups in total. The number of nitrogens with zero attached hydrogens (tertiary/aromatic N) is 3. The van der Waals surface area contributed by atoms with E-state index in [4.69, 9.17) is 17.0 Å². The van der Waals surface area contributed by atoms with Crippen molar-refractivity contribution < 1.29 is 9.53 Å². The summed E-state index contributed by atoms with van der Waals surface area (Å²) in [7, 11) is 1.79. The standard InChI is InChI=1S/C24H23N3O3S2/c1-4-14-30-19-12-10-17(11-13-19)15-20-22(28)26(24(31)32-20)21-16(2)25(3)27(23(21)29)18-8-6-5-7-9-18/h5-13,15H,4,14H2,1-3H3. The molecule has 0 aliphatic carbocycles. The van der Waals surface area contributed by atoms with Gasteiger partial charge >= 0.3 is 0 Å². The molecule has 32 heavy (non-hydrogen) atoms. The van der Waals surface area contributed by atoms with E-state index in [-0.39, 0.29) is 17.2 Å². The minimum Gasteiger partial charge on any atom is -0.494 e. The Morgan fingerprint density at radius 1 is 1.06 bits per heavy atom. The molecule has 0 radical (unpaired) electrons. The summed E-state index contributed by atoms with van der Waals surface area (Å²) in [6, 6.07) is 16.9. The maximum atomic E-state index is 13.3. The molecular formula is C24H23N3O3S2. The molecule has 0 bridgehead atoms. The molecule has 2 heterocycles. The van der Waals surface area contributed by atoms with Gasteiger partial charge in [-0.05, 0) is 49.2 Å². The van der Waals surface area contributed by atoms with E-state index in [0.717, 1.165) is 23.4 Å². The second-order valence-electron chi connectivity index (χ2n) is 7.34. The second-order valence-corrected chi connectivity index (χ2v) is 9.02. The normalized spacial score (nSPS) is 15.1. The van der Waals surface area contributed by atoms with E-state index < -0.39 is 0 Å². The minimum absolute atomic E-state index is 0.283. The average molecular weight is 466 g/mol. The molecule has 1 amide bonds. The van der Waals surface area contributed by atoms with Crippen LogP contribution in [0.4, 0.5) is 5.69 Å². The van der Waals surface area contributed by atoms with Crippen molar-refractivity contribution in [3.05, 3.63) is 81.1 Å². The lowest BCUT2D eigenvalue weighted by molar-refractivity contribution is -0.113. The summed E-state index contributed by atoms with van der Waals surface area (Å²) in [5.41, 5.74) is 2.24. The summed E-state index contributed by atoms with van der Waals surface area (Å²) in [6.45, 7) is 4.53. The van der Waals surface area contributed by atoms with Gasteiger partial charge in [0.15, 0.2) is 4.32 Å². The van der Waals surface area contributed by atoms with Crippen molar-refractivity contribution in [2.45, 2.75) is 20.3 Å². The minimum atomic E-state index is -0.294. The third kappa shape index (κ3) is 4.03. The van der Waals surface area contributed by atoms with Crippen LogP contribution in [-0.4, -0.2) is 26.2 Å². The van der Waals surface area contributed by atoms with E-state index in [2.05, 4.69) is 6.92 Å². The van der Waals surface area contributed by atoms with Gasteiger partial charge in [0.1, 0.15) is 11.4 Å². The van der Waals surface area contributed by atoms with Crippen LogP contribution in [-0.2, 0) is 11.8 Å². The number of aromatic nitrogens is 2. The van der Waals surface area contributed by atoms with Gasteiger partial charge in [-0.15, -0.1) is 0 Å². The maximum absolute atomic E-state index is 13.3. The van der Waals surface area contributed by atoms with Gasteiger partial charge in [0, 0.05) is 7.05 Å². The number of thiocarbonyl (C=S) groups is 1. The van der Waals surface area contributed by atoms with Gasteiger partial charge in [0.05, 0.1) is 22.9 Å². The van der Waals surface area contributed by atoms with Gasteiger partial charge in [0.2, 0.25) is 0 Å². The molecule has 3 aromatic rings. The van der Waals surface area contributed by atoms with Crippen molar-refractivity contribution >= 4 is 46.0 Å². The van der Waals surface area contributed by atoms with E-state index in [1.807, 2.05) is 61.5 Å². The third-order valence-corrected chi connectivity index (χ3v) is 6.49. The largest absolute Gasteiger partial charge is 0.494 e. The van der Waals surface area contributed by atoms with Crippen molar-refractivity contribution in [1.82, 2.24) is 9.36 Å². The second kappa shape index (κ2) is 9.18. The maximum Gasteiger partial charge on any atom is 0.296 e. The highest BCUT2D eigenvalue weighted by atomic mass is 32.2. The summed E-state index contributed by atoms with van der Waals surface area (Å²) in [4.78, 5) is 28.4. The van der Waals surface area contributed by atoms with Crippen LogP contribution in [0.1, 0.15) is 24.6 Å². The molecule has 0 spiro atoms. The number of benzene rings is 2. The van der Waals surface area contributed by atoms with Crippen LogP contribution in [0.3, 0.4) is 0 Å². The molecule has 1 saturated heterocycles. The van der Waals surface area contributed by atoms with E-state index in [0.29, 0.717) is 21.5 Å². The van der Waals surface area contributed by atoms with Crippen molar-refractivity contribution in [2.75, 3.05) is 11.5 Å². The highest BCUT2D eigenvalue weighted by Crippen LogP contribution is 2.36. The van der Waals surface area contributed by atoms with Gasteiger partial charge in [-0.2, -0.15) is 0 Å². The number of carbonyl (C=O) groups is 1. The van der Waals surface area contributed by atoms with Crippen molar-refractivity contribution in [3.8, 4) is 11.4 Å². The SMILES string of the molecule is CCCOc1ccc(C=C2SC(=S)N(c3c(C)n(C)n(-c4ccccc4)c3=O)C2=O)cc1. The molecule has 1 aromatic heterocycles. The first kappa shape index (κ1) is 22.1. The Morgan fingerprint density at radius 3 is 2.41 bits per heavy atom. The van der Waals surface area contributed by atoms with E-state index in [1.165, 1.54) is 16.7 Å². The van der Waals surface area contributed by atoms with E-state index in [1.54, 1.807) is 22.5 Å². The Morgan fingerprint density at radius 2 is 1.75 bits per heavy atom. The lowest BCUT2D eigenvalue weighted by atomic mass is 10.2. The molecular weight excluding hydrogens is 442 g/mol. The number of ether oxygens (including phenoxy) is 1. The molecule has 164 valence electrons. The third-order valence-electron chi connectivity index (χ3n) is 5.19. The molecule has 8 heteroatoms. The molecule has 0 unspecified atom stereocenters. The number of hydrogen-bond donors (Lipinski definition) is 0. The quantitative estimate of drug-likeness (QED) is 0.391. The van der Waals surface area contributed by atoms with Crippen molar-refractivity contribution in [1.29, 1.82) is 0 Å². The predicted molar refractivity (Wildman–Crippen MR) is 134 cm³/mol. The molecule has 1 aliphatic heterocycles. The topological polar surface area (TPSA) is 56.5 Å². The predicted octanol–water partition coefficient (Wildman–Crippen LogP) is 4.68. The summed E-state index contributed by atoms with van der Waals surface area (Å²) >= 11 is 6.70. The highest BCUT2D eigenvalue weighted by Gasteiger charge is 2.37. The average Bonchev–Trinajstić information content (AvgIpc) is 3.19. The Balaban J connectivity index is 1.67. The lowest BCUT2D eigenvalue weighted by Crippen LogP contribution is -2.33. The zero-order valence-electron chi connectivity index (χ0n) is 18.1. The fourth-order valence-electron chi connectivity index (χ4n) is 3.50. The molecule has 1 fully saturated rings. The van der Waals surface area contributed by atoms with Gasteiger partial charge in [-0.3, -0.25) is 19.2 Å². The number of thioether (sulfide) groups is 1. The van der Waals surface area contributed by atoms with Gasteiger partial charge in [-0.1, -0.05) is 61.2 Å². The Kier molecular flexibility index (Phi) is 6.34. The Labute approximate surface area is 196 Å². The zero-order valence-corrected chi connectivity index (χ0v) is 19.7. The lowest BCUT2D eigenvalue weighted by Gasteiger charge is -2.12. The summed E-state index contributed by atoms with van der Waals surface area (Å²) in [5.74, 6) is 0.496. The Hall–Kier alpha value is -3.10. The van der Waals surface area contributed by atoms with Crippen LogP contribution in [0.5, 0.6) is 5.75 Å². The van der Waals surface area contributed by atoms with Gasteiger partial charge in [0.25, 0.3) is 11.5 Å². The molecule has 1 aliphatic rings. The van der Waals surface area contributed by atoms with Gasteiger partial charge < -0.3 is 4.74 Å². The highest BCUT2D eigenvalue weighted by molar-refractivity contribution is 8.27. The zero-order chi connectivity index (χ0) is 22.8. The van der Waals surface area contributed by atoms with Crippen LogP contribution < -0.4 is 15.2 Å². The molecule has 6 nitrogen and oxygen atoms in total. The van der Waals surface area contributed by atoms with Crippen LogP contribution in [0.15, 0.2) is 64.3 Å². The first-order valence-corrected chi connectivity index (χ1v) is 11.5. The van der Waals surface area contributed by atoms with E-state index >= 15 is 0 Å². The van der Waals surface area contributed by atoms with Crippen LogP contribution in [0.2, 0.25) is 0 Å². The van der Waals surface area contributed by atoms with Crippen LogP contribution in [0.25, 0.3) is 11.8 Å². The number of hydrogen-bond acceptors (Lipinski definition) is 5. The number of para-hydroxylation sites is 1. The molecule has 0 saturated carbocycles. The number of anilines is 1. The van der Waals surface area contributed by atoms with Crippen molar-refractivity contribution in [2.24, 2.45) is 7.05 Å². The van der Waals surface area contributed by atoms with Crippen LogP contribution >= 0.6 is 24.0 Å². The summed E-state index contributed by atoms with van der Waals surface area (Å²) in [6.07, 6.45) is 2.73. The molecule has 0 atom stereocenters. The summed E-state index contributed by atoms with van der Waals surface area (Å²) in [5, 5.41) is 0. The van der Waals surface area contributed by atoms with Gasteiger partial charge in [-0.25, -0.2) is 4.68 Å². The monoisotopic (exact) mass is 465 g/mol.